The Bertz CT molecular complexity index is 1050. The van der Waals surface area contributed by atoms with E-state index in [1.165, 1.54) is 12.8 Å². The van der Waals surface area contributed by atoms with Crippen molar-refractivity contribution in [1.82, 2.24) is 4.90 Å². The van der Waals surface area contributed by atoms with Crippen molar-refractivity contribution in [3.8, 4) is 5.75 Å². The molecule has 0 bridgehead atoms. The first-order valence-corrected chi connectivity index (χ1v) is 10.2. The lowest BCUT2D eigenvalue weighted by atomic mass is 9.86. The molecule has 1 N–H and O–H groups in total. The zero-order chi connectivity index (χ0) is 20.2. The minimum absolute atomic E-state index is 0.0812. The molecule has 1 fully saturated rings. The summed E-state index contributed by atoms with van der Waals surface area (Å²) in [5.74, 6) is -0.557. The molecule has 0 spiro atoms. The minimum atomic E-state index is -0.595. The molecule has 0 radical (unpaired) electrons. The van der Waals surface area contributed by atoms with Gasteiger partial charge in [-0.1, -0.05) is 42.5 Å². The molecule has 0 saturated carbocycles. The fourth-order valence-corrected chi connectivity index (χ4v) is 4.15. The lowest BCUT2D eigenvalue weighted by Crippen LogP contribution is -2.24. The zero-order valence-electron chi connectivity index (χ0n) is 16.3. The smallest absolute Gasteiger partial charge is 0.343 e. The molecule has 1 saturated heterocycles. The molecule has 1 aromatic heterocycles. The van der Waals surface area contributed by atoms with Gasteiger partial charge in [-0.3, -0.25) is 4.79 Å². The molecule has 29 heavy (non-hydrogen) atoms. The van der Waals surface area contributed by atoms with Crippen molar-refractivity contribution in [2.45, 2.75) is 31.6 Å². The average molecular weight is 391 g/mol. The van der Waals surface area contributed by atoms with Crippen molar-refractivity contribution in [1.29, 1.82) is 0 Å². The molecule has 1 aliphatic rings. The number of rotatable bonds is 7. The van der Waals surface area contributed by atoms with Gasteiger partial charge in [0.25, 0.3) is 0 Å². The number of hydrogen-bond acceptors (Lipinski definition) is 5. The number of carbonyl (C=O) groups excluding carboxylic acids is 1. The van der Waals surface area contributed by atoms with Gasteiger partial charge in [0.05, 0.1) is 10.9 Å². The van der Waals surface area contributed by atoms with E-state index in [0.717, 1.165) is 25.2 Å². The number of ketones is 1. The summed E-state index contributed by atoms with van der Waals surface area (Å²) in [5, 5.41) is 11.4. The van der Waals surface area contributed by atoms with Crippen molar-refractivity contribution >= 4 is 16.8 Å². The fourth-order valence-electron chi connectivity index (χ4n) is 4.15. The molecule has 150 valence electrons. The second-order valence-corrected chi connectivity index (χ2v) is 7.65. The second kappa shape index (κ2) is 8.62. The summed E-state index contributed by atoms with van der Waals surface area (Å²) in [4.78, 5) is 27.9. The van der Waals surface area contributed by atoms with Gasteiger partial charge in [-0.05, 0) is 43.6 Å². The van der Waals surface area contributed by atoms with Gasteiger partial charge in [0.1, 0.15) is 17.1 Å². The van der Waals surface area contributed by atoms with E-state index in [-0.39, 0.29) is 23.5 Å². The normalized spacial score (nSPS) is 15.6. The number of aromatic hydroxyl groups is 1. The fraction of sp³-hybridized carbons (Fsp3) is 0.333. The van der Waals surface area contributed by atoms with Gasteiger partial charge in [0.2, 0.25) is 0 Å². The maximum atomic E-state index is 12.8. The van der Waals surface area contributed by atoms with Crippen LogP contribution in [0.15, 0.2) is 63.8 Å². The van der Waals surface area contributed by atoms with E-state index in [1.807, 2.05) is 30.3 Å². The molecule has 4 rings (SSSR count). The third-order valence-corrected chi connectivity index (χ3v) is 5.71. The Labute approximate surface area is 169 Å². The standard InChI is InChI=1S/C24H25NO4/c26-18(12-15-25-13-6-7-14-25)16-20(17-8-2-1-3-9-17)22-23(27)19-10-4-5-11-21(19)29-24(22)28/h1-5,8-11,20,27H,6-7,12-16H2/t20-/m0/s1. The molecule has 5 nitrogen and oxygen atoms in total. The van der Waals surface area contributed by atoms with Crippen LogP contribution in [-0.2, 0) is 4.79 Å². The van der Waals surface area contributed by atoms with Gasteiger partial charge in [0.15, 0.2) is 0 Å². The van der Waals surface area contributed by atoms with Crippen LogP contribution >= 0.6 is 0 Å². The second-order valence-electron chi connectivity index (χ2n) is 7.65. The van der Waals surface area contributed by atoms with E-state index in [2.05, 4.69) is 4.90 Å². The molecule has 1 atom stereocenters. The average Bonchev–Trinajstić information content (AvgIpc) is 3.26. The first kappa shape index (κ1) is 19.4. The number of nitrogens with zero attached hydrogens (tertiary/aromatic N) is 1. The summed E-state index contributed by atoms with van der Waals surface area (Å²) in [6, 6.07) is 16.3. The summed E-state index contributed by atoms with van der Waals surface area (Å²) in [6.45, 7) is 2.84. The van der Waals surface area contributed by atoms with Gasteiger partial charge in [0, 0.05) is 25.3 Å². The summed E-state index contributed by atoms with van der Waals surface area (Å²) in [5.41, 5.74) is 0.720. The van der Waals surface area contributed by atoms with E-state index in [9.17, 15) is 14.7 Å². The summed E-state index contributed by atoms with van der Waals surface area (Å²) >= 11 is 0. The summed E-state index contributed by atoms with van der Waals surface area (Å²) in [6.07, 6.45) is 2.98. The largest absolute Gasteiger partial charge is 0.507 e. The van der Waals surface area contributed by atoms with Crippen molar-refractivity contribution < 1.29 is 14.3 Å². The Morgan fingerprint density at radius 2 is 1.72 bits per heavy atom. The predicted molar refractivity (Wildman–Crippen MR) is 112 cm³/mol. The number of fused-ring (bicyclic) bond motifs is 1. The molecule has 2 aromatic carbocycles. The SMILES string of the molecule is O=C(CCN1CCCC1)C[C@@H](c1ccccc1)c1c(O)c2ccccc2oc1=O. The van der Waals surface area contributed by atoms with Crippen molar-refractivity contribution in [3.05, 3.63) is 76.1 Å². The summed E-state index contributed by atoms with van der Waals surface area (Å²) in [7, 11) is 0. The van der Waals surface area contributed by atoms with E-state index in [1.54, 1.807) is 24.3 Å². The highest BCUT2D eigenvalue weighted by molar-refractivity contribution is 5.85. The lowest BCUT2D eigenvalue weighted by molar-refractivity contribution is -0.119. The lowest BCUT2D eigenvalue weighted by Gasteiger charge is -2.19. The Kier molecular flexibility index (Phi) is 5.76. The maximum Gasteiger partial charge on any atom is 0.343 e. The van der Waals surface area contributed by atoms with Gasteiger partial charge in [-0.25, -0.2) is 4.79 Å². The van der Waals surface area contributed by atoms with E-state index < -0.39 is 11.5 Å². The molecule has 5 heteroatoms. The van der Waals surface area contributed by atoms with Gasteiger partial charge < -0.3 is 14.4 Å². The number of likely N-dealkylation sites (tertiary alicyclic amines) is 1. The Morgan fingerprint density at radius 3 is 2.48 bits per heavy atom. The van der Waals surface area contributed by atoms with Gasteiger partial charge in [-0.15, -0.1) is 0 Å². The Hall–Kier alpha value is -2.92. The predicted octanol–water partition coefficient (Wildman–Crippen LogP) is 4.08. The van der Waals surface area contributed by atoms with Crippen LogP contribution in [0, 0.1) is 0 Å². The van der Waals surface area contributed by atoms with Crippen LogP contribution in [0.5, 0.6) is 5.75 Å². The van der Waals surface area contributed by atoms with Crippen molar-refractivity contribution in [2.75, 3.05) is 19.6 Å². The number of Topliss-reactive ketones (excluding diaryl/α,β-unsaturated/α-hetero) is 1. The van der Waals surface area contributed by atoms with Crippen LogP contribution in [0.25, 0.3) is 11.0 Å². The summed E-state index contributed by atoms with van der Waals surface area (Å²) < 4.78 is 5.46. The van der Waals surface area contributed by atoms with Crippen molar-refractivity contribution in [2.24, 2.45) is 0 Å². The van der Waals surface area contributed by atoms with Crippen LogP contribution < -0.4 is 5.63 Å². The zero-order valence-corrected chi connectivity index (χ0v) is 16.3. The van der Waals surface area contributed by atoms with Crippen LogP contribution in [0.4, 0.5) is 0 Å². The number of para-hydroxylation sites is 1. The van der Waals surface area contributed by atoms with Crippen LogP contribution in [-0.4, -0.2) is 35.4 Å². The maximum absolute atomic E-state index is 12.8. The van der Waals surface area contributed by atoms with E-state index in [0.29, 0.717) is 17.4 Å². The molecule has 0 amide bonds. The van der Waals surface area contributed by atoms with Crippen molar-refractivity contribution in [3.63, 3.8) is 0 Å². The van der Waals surface area contributed by atoms with Gasteiger partial charge in [-0.2, -0.15) is 0 Å². The molecule has 2 heterocycles. The van der Waals surface area contributed by atoms with Gasteiger partial charge >= 0.3 is 5.63 Å². The molecule has 3 aromatic rings. The van der Waals surface area contributed by atoms with E-state index >= 15 is 0 Å². The molecule has 1 aliphatic heterocycles. The highest BCUT2D eigenvalue weighted by Gasteiger charge is 2.27. The molecular formula is C24H25NO4. The Morgan fingerprint density at radius 1 is 1.03 bits per heavy atom. The third kappa shape index (κ3) is 4.25. The number of carbonyl (C=O) groups is 1. The quantitative estimate of drug-likeness (QED) is 0.615. The first-order valence-electron chi connectivity index (χ1n) is 10.2. The number of benzene rings is 2. The molecule has 0 unspecified atom stereocenters. The van der Waals surface area contributed by atoms with Crippen LogP contribution in [0.1, 0.15) is 42.7 Å². The van der Waals surface area contributed by atoms with E-state index in [4.69, 9.17) is 4.42 Å². The monoisotopic (exact) mass is 391 g/mol. The van der Waals surface area contributed by atoms with Crippen LogP contribution in [0.2, 0.25) is 0 Å². The number of hydrogen-bond donors (Lipinski definition) is 1. The highest BCUT2D eigenvalue weighted by atomic mass is 16.4. The minimum Gasteiger partial charge on any atom is -0.507 e. The highest BCUT2D eigenvalue weighted by Crippen LogP contribution is 2.36. The first-order chi connectivity index (χ1) is 14.1. The van der Waals surface area contributed by atoms with Crippen LogP contribution in [0.3, 0.4) is 0 Å². The molecular weight excluding hydrogens is 366 g/mol. The Balaban J connectivity index is 1.67. The molecule has 0 aliphatic carbocycles. The third-order valence-electron chi connectivity index (χ3n) is 5.71. The topological polar surface area (TPSA) is 70.8 Å².